The summed E-state index contributed by atoms with van der Waals surface area (Å²) in [5.74, 6) is 0. The Labute approximate surface area is 158 Å². The topological polar surface area (TPSA) is 43.2 Å². The molecule has 3 aromatic rings. The standard InChI is InChI=1S/C20H24N4OS/c1-15-4-3-5-17(22-15)13-25-14-19-11-23(10-18-8-9-21-24(18)19)12-20-7-6-16(2)26-20/h3-9,19H,10-14H2,1-2H3/t19-/m1/s1. The third-order valence-corrected chi connectivity index (χ3v) is 5.62. The van der Waals surface area contributed by atoms with Crippen LogP contribution in [0.4, 0.5) is 0 Å². The number of fused-ring (bicyclic) bond motifs is 1. The summed E-state index contributed by atoms with van der Waals surface area (Å²) in [7, 11) is 0. The van der Waals surface area contributed by atoms with E-state index >= 15 is 0 Å². The van der Waals surface area contributed by atoms with Gasteiger partial charge in [-0.1, -0.05) is 6.07 Å². The van der Waals surface area contributed by atoms with Gasteiger partial charge < -0.3 is 4.74 Å². The SMILES string of the molecule is Cc1cccc(COC[C@H]2CN(Cc3ccc(C)s3)Cc3ccnn32)n1. The first-order chi connectivity index (χ1) is 12.7. The first-order valence-electron chi connectivity index (χ1n) is 8.98. The van der Waals surface area contributed by atoms with Crippen LogP contribution in [0.5, 0.6) is 0 Å². The van der Waals surface area contributed by atoms with Crippen molar-refractivity contribution in [2.24, 2.45) is 0 Å². The van der Waals surface area contributed by atoms with Gasteiger partial charge in [-0.15, -0.1) is 11.3 Å². The predicted octanol–water partition coefficient (Wildman–Crippen LogP) is 3.73. The zero-order chi connectivity index (χ0) is 17.9. The molecule has 0 unspecified atom stereocenters. The first-order valence-corrected chi connectivity index (χ1v) is 9.79. The Morgan fingerprint density at radius 2 is 2.12 bits per heavy atom. The molecule has 3 aromatic heterocycles. The molecule has 0 saturated heterocycles. The van der Waals surface area contributed by atoms with Gasteiger partial charge in [0.15, 0.2) is 0 Å². The lowest BCUT2D eigenvalue weighted by Crippen LogP contribution is -2.39. The molecule has 4 rings (SSSR count). The molecule has 136 valence electrons. The molecule has 0 radical (unpaired) electrons. The van der Waals surface area contributed by atoms with Crippen molar-refractivity contribution in [2.75, 3.05) is 13.2 Å². The molecule has 0 fully saturated rings. The molecular formula is C20H24N4OS. The highest BCUT2D eigenvalue weighted by Gasteiger charge is 2.26. The van der Waals surface area contributed by atoms with Crippen molar-refractivity contribution >= 4 is 11.3 Å². The van der Waals surface area contributed by atoms with Crippen LogP contribution in [0.25, 0.3) is 0 Å². The number of hydrogen-bond acceptors (Lipinski definition) is 5. The third kappa shape index (κ3) is 4.03. The maximum Gasteiger partial charge on any atom is 0.0889 e. The van der Waals surface area contributed by atoms with Crippen LogP contribution in [0.3, 0.4) is 0 Å². The van der Waals surface area contributed by atoms with Crippen LogP contribution in [-0.2, 0) is 24.4 Å². The lowest BCUT2D eigenvalue weighted by molar-refractivity contribution is 0.0522. The van der Waals surface area contributed by atoms with E-state index in [1.54, 1.807) is 0 Å². The number of aromatic nitrogens is 3. The molecule has 0 spiro atoms. The smallest absolute Gasteiger partial charge is 0.0889 e. The second kappa shape index (κ2) is 7.70. The van der Waals surface area contributed by atoms with Crippen molar-refractivity contribution in [3.63, 3.8) is 0 Å². The summed E-state index contributed by atoms with van der Waals surface area (Å²) >= 11 is 1.88. The van der Waals surface area contributed by atoms with Gasteiger partial charge >= 0.3 is 0 Å². The average molecular weight is 369 g/mol. The fraction of sp³-hybridized carbons (Fsp3) is 0.400. The molecule has 1 aliphatic heterocycles. The summed E-state index contributed by atoms with van der Waals surface area (Å²) in [5, 5.41) is 4.52. The van der Waals surface area contributed by atoms with Gasteiger partial charge in [0.25, 0.3) is 0 Å². The molecule has 1 atom stereocenters. The molecule has 0 saturated carbocycles. The van der Waals surface area contributed by atoms with Gasteiger partial charge in [-0.25, -0.2) is 0 Å². The van der Waals surface area contributed by atoms with E-state index in [0.29, 0.717) is 13.2 Å². The number of thiophene rings is 1. The van der Waals surface area contributed by atoms with E-state index in [2.05, 4.69) is 44.8 Å². The number of aryl methyl sites for hydroxylation is 2. The molecule has 0 amide bonds. The Morgan fingerprint density at radius 1 is 1.19 bits per heavy atom. The van der Waals surface area contributed by atoms with Gasteiger partial charge in [-0.05, 0) is 44.2 Å². The van der Waals surface area contributed by atoms with Crippen molar-refractivity contribution in [1.29, 1.82) is 0 Å². The molecule has 0 bridgehead atoms. The third-order valence-electron chi connectivity index (χ3n) is 4.63. The fourth-order valence-corrected chi connectivity index (χ4v) is 4.41. The molecule has 0 aromatic carbocycles. The number of rotatable bonds is 6. The summed E-state index contributed by atoms with van der Waals surface area (Å²) in [6.45, 7) is 8.22. The Morgan fingerprint density at radius 3 is 2.92 bits per heavy atom. The molecule has 1 aliphatic rings. The number of pyridine rings is 1. The zero-order valence-electron chi connectivity index (χ0n) is 15.3. The molecule has 4 heterocycles. The summed E-state index contributed by atoms with van der Waals surface area (Å²) in [4.78, 5) is 9.78. The summed E-state index contributed by atoms with van der Waals surface area (Å²) < 4.78 is 8.12. The minimum atomic E-state index is 0.236. The summed E-state index contributed by atoms with van der Waals surface area (Å²) in [6.07, 6.45) is 1.89. The van der Waals surface area contributed by atoms with E-state index in [1.807, 2.05) is 42.7 Å². The Bertz CT molecular complexity index is 872. The lowest BCUT2D eigenvalue weighted by Gasteiger charge is -2.33. The molecular weight excluding hydrogens is 344 g/mol. The Hall–Kier alpha value is -2.02. The number of hydrogen-bond donors (Lipinski definition) is 0. The molecule has 5 nitrogen and oxygen atoms in total. The van der Waals surface area contributed by atoms with Crippen LogP contribution in [-0.4, -0.2) is 32.8 Å². The van der Waals surface area contributed by atoms with Crippen LogP contribution in [0, 0.1) is 13.8 Å². The van der Waals surface area contributed by atoms with Gasteiger partial charge in [0, 0.05) is 41.3 Å². The van der Waals surface area contributed by atoms with Gasteiger partial charge in [0.05, 0.1) is 30.6 Å². The van der Waals surface area contributed by atoms with E-state index in [1.165, 1.54) is 15.4 Å². The fourth-order valence-electron chi connectivity index (χ4n) is 3.48. The van der Waals surface area contributed by atoms with Crippen LogP contribution in [0.15, 0.2) is 42.6 Å². The minimum Gasteiger partial charge on any atom is -0.373 e. The summed E-state index contributed by atoms with van der Waals surface area (Å²) in [5.41, 5.74) is 3.26. The quantitative estimate of drug-likeness (QED) is 0.665. The molecule has 0 N–H and O–H groups in total. The normalized spacial score (nSPS) is 17.4. The van der Waals surface area contributed by atoms with Crippen molar-refractivity contribution < 1.29 is 4.74 Å². The highest BCUT2D eigenvalue weighted by Crippen LogP contribution is 2.24. The van der Waals surface area contributed by atoms with Crippen LogP contribution < -0.4 is 0 Å². The second-order valence-electron chi connectivity index (χ2n) is 6.89. The van der Waals surface area contributed by atoms with Crippen molar-refractivity contribution in [3.05, 3.63) is 69.4 Å². The van der Waals surface area contributed by atoms with Crippen LogP contribution in [0.2, 0.25) is 0 Å². The van der Waals surface area contributed by atoms with Crippen LogP contribution >= 0.6 is 11.3 Å². The number of nitrogens with zero attached hydrogens (tertiary/aromatic N) is 4. The highest BCUT2D eigenvalue weighted by molar-refractivity contribution is 7.11. The van der Waals surface area contributed by atoms with Gasteiger partial charge in [0.2, 0.25) is 0 Å². The van der Waals surface area contributed by atoms with E-state index in [-0.39, 0.29) is 6.04 Å². The van der Waals surface area contributed by atoms with Crippen molar-refractivity contribution in [3.8, 4) is 0 Å². The Balaban J connectivity index is 1.39. The van der Waals surface area contributed by atoms with Gasteiger partial charge in [-0.2, -0.15) is 5.10 Å². The maximum absolute atomic E-state index is 6.00. The maximum atomic E-state index is 6.00. The summed E-state index contributed by atoms with van der Waals surface area (Å²) in [6, 6.07) is 12.8. The number of ether oxygens (including phenoxy) is 1. The largest absolute Gasteiger partial charge is 0.373 e. The molecule has 0 aliphatic carbocycles. The molecule has 6 heteroatoms. The predicted molar refractivity (Wildman–Crippen MR) is 103 cm³/mol. The minimum absolute atomic E-state index is 0.236. The van der Waals surface area contributed by atoms with Crippen molar-refractivity contribution in [1.82, 2.24) is 19.7 Å². The second-order valence-corrected chi connectivity index (χ2v) is 8.26. The van der Waals surface area contributed by atoms with Crippen LogP contribution in [0.1, 0.15) is 32.9 Å². The van der Waals surface area contributed by atoms with E-state index in [0.717, 1.165) is 31.0 Å². The zero-order valence-corrected chi connectivity index (χ0v) is 16.1. The highest BCUT2D eigenvalue weighted by atomic mass is 32.1. The molecule has 26 heavy (non-hydrogen) atoms. The monoisotopic (exact) mass is 368 g/mol. The average Bonchev–Trinajstić information content (AvgIpc) is 3.24. The van der Waals surface area contributed by atoms with E-state index in [4.69, 9.17) is 4.74 Å². The van der Waals surface area contributed by atoms with E-state index < -0.39 is 0 Å². The first kappa shape index (κ1) is 17.4. The van der Waals surface area contributed by atoms with Crippen molar-refractivity contribution in [2.45, 2.75) is 39.6 Å². The van der Waals surface area contributed by atoms with Gasteiger partial charge in [-0.3, -0.25) is 14.6 Å². The van der Waals surface area contributed by atoms with Gasteiger partial charge in [0.1, 0.15) is 0 Å². The van der Waals surface area contributed by atoms with E-state index in [9.17, 15) is 0 Å². The lowest BCUT2D eigenvalue weighted by atomic mass is 10.2. The Kier molecular flexibility index (Phi) is 5.15.